The Kier molecular flexibility index (Phi) is 4.94. The van der Waals surface area contributed by atoms with E-state index in [2.05, 4.69) is 10.2 Å². The minimum atomic E-state index is -1.40. The van der Waals surface area contributed by atoms with Crippen LogP contribution in [-0.2, 0) is 35.1 Å². The van der Waals surface area contributed by atoms with Gasteiger partial charge in [0.25, 0.3) is 5.79 Å². The second-order valence-corrected chi connectivity index (χ2v) is 9.74. The fourth-order valence-corrected chi connectivity index (χ4v) is 5.54. The third-order valence-corrected chi connectivity index (χ3v) is 7.13. The number of barbiturate groups is 1. The summed E-state index contributed by atoms with van der Waals surface area (Å²) < 4.78 is 10.2. The van der Waals surface area contributed by atoms with Crippen LogP contribution in [0.25, 0.3) is 0 Å². The summed E-state index contributed by atoms with van der Waals surface area (Å²) in [6.45, 7) is 3.62. The maximum absolute atomic E-state index is 13.5. The van der Waals surface area contributed by atoms with Crippen LogP contribution < -0.4 is 10.2 Å². The van der Waals surface area contributed by atoms with Crippen LogP contribution >= 0.6 is 0 Å². The molecular weight excluding hydrogens is 456 g/mol. The summed E-state index contributed by atoms with van der Waals surface area (Å²) in [4.78, 5) is 67.9. The minimum Gasteiger partial charge on any atom is -0.419 e. The van der Waals surface area contributed by atoms with Crippen molar-refractivity contribution in [2.75, 3.05) is 30.9 Å². The van der Waals surface area contributed by atoms with Gasteiger partial charge in [0.2, 0.25) is 11.8 Å². The van der Waals surface area contributed by atoms with Crippen molar-refractivity contribution in [2.24, 2.45) is 5.41 Å². The van der Waals surface area contributed by atoms with Crippen LogP contribution in [0.4, 0.5) is 16.2 Å². The molecule has 5 rings (SSSR count). The zero-order chi connectivity index (χ0) is 25.3. The summed E-state index contributed by atoms with van der Waals surface area (Å²) in [7, 11) is 2.80. The molecule has 35 heavy (non-hydrogen) atoms. The van der Waals surface area contributed by atoms with E-state index in [1.807, 2.05) is 6.07 Å². The molecule has 0 radical (unpaired) electrons. The molecule has 0 saturated carbocycles. The van der Waals surface area contributed by atoms with Crippen molar-refractivity contribution in [1.82, 2.24) is 9.80 Å². The first-order chi connectivity index (χ1) is 16.5. The number of amides is 4. The number of nitrogens with zero attached hydrogens (tertiary/aromatic N) is 3. The fourth-order valence-electron chi connectivity index (χ4n) is 5.54. The molecule has 3 saturated heterocycles. The molecule has 4 amide bonds. The number of fused-ring (bicyclic) bond motifs is 4. The number of nitrogens with one attached hydrogen (secondary N) is 1. The number of hydrogen-bond donors (Lipinski definition) is 1. The van der Waals surface area contributed by atoms with E-state index < -0.39 is 41.0 Å². The number of imide groups is 2. The lowest BCUT2D eigenvalue weighted by molar-refractivity contribution is -0.222. The van der Waals surface area contributed by atoms with Crippen molar-refractivity contribution >= 4 is 41.2 Å². The number of benzene rings is 1. The molecule has 0 unspecified atom stereocenters. The minimum absolute atomic E-state index is 0.132. The van der Waals surface area contributed by atoms with Gasteiger partial charge in [0.05, 0.1) is 6.04 Å². The van der Waals surface area contributed by atoms with Crippen LogP contribution in [0.3, 0.4) is 0 Å². The zero-order valence-electron chi connectivity index (χ0n) is 19.9. The first-order valence-electron chi connectivity index (χ1n) is 11.4. The first kappa shape index (κ1) is 22.9. The number of carbonyl (C=O) groups is 5. The maximum Gasteiger partial charge on any atom is 0.350 e. The molecule has 184 valence electrons. The molecule has 1 atom stereocenters. The Morgan fingerprint density at radius 2 is 1.63 bits per heavy atom. The van der Waals surface area contributed by atoms with Crippen LogP contribution in [0.2, 0.25) is 0 Å². The first-order valence-corrected chi connectivity index (χ1v) is 11.4. The number of anilines is 2. The monoisotopic (exact) mass is 482 g/mol. The normalized spacial score (nSPS) is 24.8. The van der Waals surface area contributed by atoms with E-state index in [0.717, 1.165) is 27.5 Å². The van der Waals surface area contributed by atoms with Crippen LogP contribution in [-0.4, -0.2) is 72.1 Å². The van der Waals surface area contributed by atoms with Crippen molar-refractivity contribution in [3.63, 3.8) is 0 Å². The van der Waals surface area contributed by atoms with Gasteiger partial charge in [0.1, 0.15) is 0 Å². The molecule has 1 spiro atoms. The van der Waals surface area contributed by atoms with Gasteiger partial charge in [-0.15, -0.1) is 0 Å². The molecule has 11 nitrogen and oxygen atoms in total. The highest BCUT2D eigenvalue weighted by atomic mass is 16.7. The van der Waals surface area contributed by atoms with Gasteiger partial charge < -0.3 is 19.7 Å². The maximum atomic E-state index is 13.5. The summed E-state index contributed by atoms with van der Waals surface area (Å²) in [5.74, 6) is -3.93. The largest absolute Gasteiger partial charge is 0.419 e. The topological polar surface area (TPSA) is 126 Å². The number of cyclic esters (lactones) is 2. The number of ether oxygens (including phenoxy) is 2. The molecule has 1 N–H and O–H groups in total. The Labute approximate surface area is 201 Å². The molecule has 4 aliphatic heterocycles. The van der Waals surface area contributed by atoms with Crippen molar-refractivity contribution in [3.8, 4) is 0 Å². The quantitative estimate of drug-likeness (QED) is 0.288. The predicted octanol–water partition coefficient (Wildman–Crippen LogP) is 1.38. The van der Waals surface area contributed by atoms with Crippen LogP contribution in [0.1, 0.15) is 32.3 Å². The summed E-state index contributed by atoms with van der Waals surface area (Å²) in [6, 6.07) is 4.47. The lowest BCUT2D eigenvalue weighted by atomic mass is 9.68. The van der Waals surface area contributed by atoms with Gasteiger partial charge in [-0.2, -0.15) is 0 Å². The van der Waals surface area contributed by atoms with Gasteiger partial charge in [0.15, 0.2) is 11.0 Å². The second kappa shape index (κ2) is 7.56. The molecule has 1 aromatic rings. The van der Waals surface area contributed by atoms with E-state index in [1.54, 1.807) is 12.1 Å². The van der Waals surface area contributed by atoms with E-state index in [0.29, 0.717) is 18.7 Å². The number of carbonyl (C=O) groups excluding carboxylic acids is 5. The molecule has 0 aliphatic carbocycles. The van der Waals surface area contributed by atoms with Crippen molar-refractivity contribution < 1.29 is 33.4 Å². The standard InChI is InChI=1S/C24H26N4O7/c1-23(2)34-18(29)15(19(30)35-23)12-25-14-7-8-16-13(10-14)11-24(17-6-5-9-28(16)17)20(31)26(3)22(33)27(4)21(24)32/h7-8,10,12,17,25H,5-6,9,11H2,1-4H3/t17-/m1/s1. The Morgan fingerprint density at radius 3 is 2.26 bits per heavy atom. The van der Waals surface area contributed by atoms with E-state index in [-0.39, 0.29) is 18.0 Å². The molecular formula is C24H26N4O7. The highest BCUT2D eigenvalue weighted by molar-refractivity contribution is 6.20. The van der Waals surface area contributed by atoms with E-state index in [9.17, 15) is 24.0 Å². The number of rotatable bonds is 2. The predicted molar refractivity (Wildman–Crippen MR) is 122 cm³/mol. The second-order valence-electron chi connectivity index (χ2n) is 9.74. The van der Waals surface area contributed by atoms with Gasteiger partial charge in [-0.05, 0) is 43.0 Å². The molecule has 0 bridgehead atoms. The molecule has 4 aliphatic rings. The Balaban J connectivity index is 1.50. The average Bonchev–Trinajstić information content (AvgIpc) is 3.29. The Hall–Kier alpha value is -3.89. The molecule has 4 heterocycles. The number of hydrogen-bond acceptors (Lipinski definition) is 9. The summed E-state index contributed by atoms with van der Waals surface area (Å²) in [6.07, 6.45) is 2.84. The van der Waals surface area contributed by atoms with Crippen LogP contribution in [0, 0.1) is 5.41 Å². The van der Waals surface area contributed by atoms with E-state index in [1.165, 1.54) is 34.1 Å². The SMILES string of the molecule is CN1C(=O)N(C)C(=O)C2(Cc3cc(NC=C4C(=O)OC(C)(C)OC4=O)ccc3N3CCC[C@@H]32)C1=O. The highest BCUT2D eigenvalue weighted by Crippen LogP contribution is 2.49. The lowest BCUT2D eigenvalue weighted by Crippen LogP contribution is -2.70. The smallest absolute Gasteiger partial charge is 0.350 e. The molecule has 1 aromatic carbocycles. The van der Waals surface area contributed by atoms with E-state index >= 15 is 0 Å². The molecule has 11 heteroatoms. The number of esters is 2. The van der Waals surface area contributed by atoms with Crippen molar-refractivity contribution in [2.45, 2.75) is 44.9 Å². The molecule has 0 aromatic heterocycles. The lowest BCUT2D eigenvalue weighted by Gasteiger charge is -2.50. The van der Waals surface area contributed by atoms with Gasteiger partial charge >= 0.3 is 18.0 Å². The van der Waals surface area contributed by atoms with Gasteiger partial charge in [-0.1, -0.05) is 0 Å². The van der Waals surface area contributed by atoms with E-state index in [4.69, 9.17) is 9.47 Å². The third-order valence-electron chi connectivity index (χ3n) is 7.13. The Bertz CT molecular complexity index is 1170. The summed E-state index contributed by atoms with van der Waals surface area (Å²) in [5, 5.41) is 2.92. The van der Waals surface area contributed by atoms with Crippen molar-refractivity contribution in [1.29, 1.82) is 0 Å². The summed E-state index contributed by atoms with van der Waals surface area (Å²) >= 11 is 0. The highest BCUT2D eigenvalue weighted by Gasteiger charge is 2.63. The average molecular weight is 482 g/mol. The van der Waals surface area contributed by atoms with Crippen LogP contribution in [0.15, 0.2) is 30.0 Å². The zero-order valence-corrected chi connectivity index (χ0v) is 19.9. The Morgan fingerprint density at radius 1 is 1.00 bits per heavy atom. The molecule has 3 fully saturated rings. The third kappa shape index (κ3) is 3.28. The van der Waals surface area contributed by atoms with Gasteiger partial charge in [0, 0.05) is 52.1 Å². The van der Waals surface area contributed by atoms with Gasteiger partial charge in [-0.3, -0.25) is 19.4 Å². The number of urea groups is 1. The van der Waals surface area contributed by atoms with Crippen molar-refractivity contribution in [3.05, 3.63) is 35.5 Å². The fraction of sp³-hybridized carbons (Fsp3) is 0.458. The van der Waals surface area contributed by atoms with Gasteiger partial charge in [-0.25, -0.2) is 14.4 Å². The summed E-state index contributed by atoms with van der Waals surface area (Å²) in [5.41, 5.74) is 0.526. The van der Waals surface area contributed by atoms with Crippen LogP contribution in [0.5, 0.6) is 0 Å².